The fourth-order valence-corrected chi connectivity index (χ4v) is 3.65. The van der Waals surface area contributed by atoms with Gasteiger partial charge in [-0.1, -0.05) is 17.7 Å². The Kier molecular flexibility index (Phi) is 5.68. The van der Waals surface area contributed by atoms with E-state index in [2.05, 4.69) is 35.8 Å². The fraction of sp³-hybridized carbons (Fsp3) is 0.182. The van der Waals surface area contributed by atoms with Gasteiger partial charge in [-0.05, 0) is 48.5 Å². The van der Waals surface area contributed by atoms with Gasteiger partial charge in [0.05, 0.1) is 22.3 Å². The molecule has 1 aromatic carbocycles. The first-order valence-electron chi connectivity index (χ1n) is 10.3. The second kappa shape index (κ2) is 8.94. The molecule has 34 heavy (non-hydrogen) atoms. The molecule has 4 aromatic heterocycles. The van der Waals surface area contributed by atoms with E-state index in [1.165, 1.54) is 10.9 Å². The number of oxazole rings is 1. The lowest BCUT2D eigenvalue weighted by Gasteiger charge is -2.14. The lowest BCUT2D eigenvalue weighted by Crippen LogP contribution is -2.19. The number of hydrogen-bond acceptors (Lipinski definition) is 9. The van der Waals surface area contributed by atoms with E-state index in [0.29, 0.717) is 33.5 Å². The highest BCUT2D eigenvalue weighted by Gasteiger charge is 2.16. The van der Waals surface area contributed by atoms with E-state index in [4.69, 9.17) is 20.8 Å². The lowest BCUT2D eigenvalue weighted by atomic mass is 10.1. The Morgan fingerprint density at radius 2 is 2.18 bits per heavy atom. The molecule has 0 aliphatic heterocycles. The van der Waals surface area contributed by atoms with Crippen molar-refractivity contribution in [1.82, 2.24) is 35.2 Å². The van der Waals surface area contributed by atoms with E-state index in [-0.39, 0.29) is 18.2 Å². The summed E-state index contributed by atoms with van der Waals surface area (Å²) in [5, 5.41) is 15.5. The summed E-state index contributed by atoms with van der Waals surface area (Å²) in [5.41, 5.74) is 1.61. The van der Waals surface area contributed by atoms with Gasteiger partial charge in [0.1, 0.15) is 18.6 Å². The van der Waals surface area contributed by atoms with E-state index in [9.17, 15) is 4.79 Å². The number of aryl methyl sites for hydroxylation is 1. The molecule has 4 heterocycles. The number of nitrogens with one attached hydrogen (secondary N) is 2. The minimum Gasteiger partial charge on any atom is -0.486 e. The monoisotopic (exact) mass is 478 g/mol. The smallest absolute Gasteiger partial charge is 0.297 e. The van der Waals surface area contributed by atoms with Crippen molar-refractivity contribution < 1.29 is 9.15 Å². The van der Waals surface area contributed by atoms with Crippen molar-refractivity contribution >= 4 is 28.5 Å². The third kappa shape index (κ3) is 4.33. The molecule has 5 rings (SSSR count). The molecule has 0 amide bonds. The third-order valence-corrected chi connectivity index (χ3v) is 5.46. The molecule has 0 unspecified atom stereocenters. The number of fused-ring (bicyclic) bond motifs is 1. The maximum Gasteiger partial charge on any atom is 0.297 e. The van der Waals surface area contributed by atoms with Crippen LogP contribution in [0.2, 0.25) is 5.02 Å². The number of H-pyrrole nitrogens is 1. The van der Waals surface area contributed by atoms with Crippen LogP contribution in [0.15, 0.2) is 58.1 Å². The molecular weight excluding hydrogens is 460 g/mol. The number of nitrogens with zero attached hydrogens (tertiary/aromatic N) is 6. The maximum absolute atomic E-state index is 12.8. The SMILES string of the molecule is Cc1nnnn1-c1coc(N[C@@H](C)c2cc3cc(Cl)c(OCc4ccccn4)cc3[nH]c2=O)n1. The molecule has 0 radical (unpaired) electrons. The molecule has 0 bridgehead atoms. The third-order valence-electron chi connectivity index (χ3n) is 5.17. The number of aromatic nitrogens is 7. The van der Waals surface area contributed by atoms with Gasteiger partial charge >= 0.3 is 0 Å². The first-order chi connectivity index (χ1) is 16.5. The summed E-state index contributed by atoms with van der Waals surface area (Å²) < 4.78 is 12.7. The largest absolute Gasteiger partial charge is 0.486 e. The van der Waals surface area contributed by atoms with Crippen LogP contribution < -0.4 is 15.6 Å². The van der Waals surface area contributed by atoms with Crippen molar-refractivity contribution in [2.45, 2.75) is 26.5 Å². The molecule has 0 spiro atoms. The van der Waals surface area contributed by atoms with Crippen LogP contribution >= 0.6 is 11.6 Å². The molecule has 0 saturated carbocycles. The molecular formula is C22H19ClN8O3. The zero-order valence-electron chi connectivity index (χ0n) is 18.2. The first kappa shape index (κ1) is 21.6. The molecule has 1 atom stereocenters. The number of aromatic amines is 1. The van der Waals surface area contributed by atoms with Gasteiger partial charge in [0.2, 0.25) is 0 Å². The molecule has 0 fully saturated rings. The molecule has 11 nitrogen and oxygen atoms in total. The van der Waals surface area contributed by atoms with Gasteiger partial charge in [0.25, 0.3) is 11.6 Å². The second-order valence-electron chi connectivity index (χ2n) is 7.55. The first-order valence-corrected chi connectivity index (χ1v) is 10.7. The van der Waals surface area contributed by atoms with E-state index >= 15 is 0 Å². The van der Waals surface area contributed by atoms with E-state index in [1.54, 1.807) is 31.3 Å². The highest BCUT2D eigenvalue weighted by molar-refractivity contribution is 6.32. The van der Waals surface area contributed by atoms with Gasteiger partial charge in [-0.25, -0.2) is 0 Å². The van der Waals surface area contributed by atoms with Crippen LogP contribution in [0.3, 0.4) is 0 Å². The fourth-order valence-electron chi connectivity index (χ4n) is 3.43. The quantitative estimate of drug-likeness (QED) is 0.359. The van der Waals surface area contributed by atoms with Crippen molar-refractivity contribution in [3.8, 4) is 11.6 Å². The molecule has 2 N–H and O–H groups in total. The minimum absolute atomic E-state index is 0.230. The molecule has 0 aliphatic carbocycles. The Balaban J connectivity index is 1.36. The predicted octanol–water partition coefficient (Wildman–Crippen LogP) is 3.60. The average molecular weight is 479 g/mol. The van der Waals surface area contributed by atoms with E-state index < -0.39 is 6.04 Å². The minimum atomic E-state index is -0.409. The van der Waals surface area contributed by atoms with E-state index in [0.717, 1.165) is 11.1 Å². The Hall–Kier alpha value is -4.25. The van der Waals surface area contributed by atoms with Gasteiger partial charge in [0.15, 0.2) is 11.6 Å². The summed E-state index contributed by atoms with van der Waals surface area (Å²) in [6.07, 6.45) is 3.12. The molecule has 0 saturated heterocycles. The molecule has 12 heteroatoms. The van der Waals surface area contributed by atoms with Crippen molar-refractivity contribution in [1.29, 1.82) is 0 Å². The summed E-state index contributed by atoms with van der Waals surface area (Å²) in [4.78, 5) is 24.3. The summed E-state index contributed by atoms with van der Waals surface area (Å²) in [5.74, 6) is 1.45. The number of ether oxygens (including phenoxy) is 1. The van der Waals surface area contributed by atoms with Crippen LogP contribution in [0.25, 0.3) is 16.7 Å². The number of hydrogen-bond donors (Lipinski definition) is 2. The number of halogens is 1. The van der Waals surface area contributed by atoms with Gasteiger partial charge in [0, 0.05) is 23.2 Å². The maximum atomic E-state index is 12.8. The van der Waals surface area contributed by atoms with Crippen LogP contribution in [-0.4, -0.2) is 35.2 Å². The van der Waals surface area contributed by atoms with Crippen molar-refractivity contribution in [2.75, 3.05) is 5.32 Å². The van der Waals surface area contributed by atoms with Gasteiger partial charge in [-0.2, -0.15) is 9.67 Å². The van der Waals surface area contributed by atoms with Crippen molar-refractivity contribution in [2.24, 2.45) is 0 Å². The summed E-state index contributed by atoms with van der Waals surface area (Å²) in [7, 11) is 0. The Morgan fingerprint density at radius 3 is 2.94 bits per heavy atom. The highest BCUT2D eigenvalue weighted by atomic mass is 35.5. The van der Waals surface area contributed by atoms with Gasteiger partial charge in [-0.15, -0.1) is 5.10 Å². The average Bonchev–Trinajstić information content (AvgIpc) is 3.46. The van der Waals surface area contributed by atoms with E-state index in [1.807, 2.05) is 25.1 Å². The standard InChI is InChI=1S/C22H19ClN8O3/c1-12(25-22-27-20(11-34-22)31-13(2)28-29-30-31)16-7-14-8-17(23)19(9-18(14)26-21(16)32)33-10-15-5-3-4-6-24-15/h3-9,11-12H,10H2,1-2H3,(H,25,27)(H,26,32)/t12-/m0/s1. The van der Waals surface area contributed by atoms with Crippen LogP contribution in [0.4, 0.5) is 6.01 Å². The normalized spacial score (nSPS) is 12.1. The number of pyridine rings is 2. The van der Waals surface area contributed by atoms with Crippen LogP contribution in [0.1, 0.15) is 30.0 Å². The second-order valence-corrected chi connectivity index (χ2v) is 7.96. The zero-order chi connectivity index (χ0) is 23.7. The van der Waals surface area contributed by atoms with Crippen molar-refractivity contribution in [3.05, 3.63) is 81.3 Å². The molecule has 172 valence electrons. The van der Waals surface area contributed by atoms with Crippen LogP contribution in [-0.2, 0) is 6.61 Å². The van der Waals surface area contributed by atoms with Crippen LogP contribution in [0.5, 0.6) is 5.75 Å². The van der Waals surface area contributed by atoms with Gasteiger partial charge in [-0.3, -0.25) is 9.78 Å². The summed E-state index contributed by atoms with van der Waals surface area (Å²) >= 11 is 6.44. The Bertz CT molecular complexity index is 1510. The zero-order valence-corrected chi connectivity index (χ0v) is 18.9. The highest BCUT2D eigenvalue weighted by Crippen LogP contribution is 2.30. The topological polar surface area (TPSA) is 137 Å². The van der Waals surface area contributed by atoms with Crippen molar-refractivity contribution in [3.63, 3.8) is 0 Å². The van der Waals surface area contributed by atoms with Crippen LogP contribution in [0, 0.1) is 6.92 Å². The number of anilines is 1. The summed E-state index contributed by atoms with van der Waals surface area (Å²) in [6.45, 7) is 3.84. The lowest BCUT2D eigenvalue weighted by molar-refractivity contribution is 0.302. The number of rotatable bonds is 7. The summed E-state index contributed by atoms with van der Waals surface area (Å²) in [6, 6.07) is 10.6. The Morgan fingerprint density at radius 1 is 1.29 bits per heavy atom. The molecule has 0 aliphatic rings. The molecule has 5 aromatic rings. The number of benzene rings is 1. The Labute approximate surface area is 197 Å². The predicted molar refractivity (Wildman–Crippen MR) is 124 cm³/mol. The van der Waals surface area contributed by atoms with Gasteiger partial charge < -0.3 is 19.5 Å². The number of tetrazole rings is 1.